The molecule has 19 heavy (non-hydrogen) atoms. The fourth-order valence-electron chi connectivity index (χ4n) is 2.13. The summed E-state index contributed by atoms with van der Waals surface area (Å²) in [5, 5.41) is 12.3. The molecule has 1 fully saturated rings. The molecule has 104 valence electrons. The minimum absolute atomic E-state index is 0.00928. The second kappa shape index (κ2) is 6.48. The minimum Gasteiger partial charge on any atom is -0.396 e. The second-order valence-electron chi connectivity index (χ2n) is 5.10. The zero-order chi connectivity index (χ0) is 13.7. The third-order valence-corrected chi connectivity index (χ3v) is 4.74. The molecule has 0 radical (unpaired) electrons. The molecule has 0 spiro atoms. The first-order valence-electron chi connectivity index (χ1n) is 6.62. The minimum atomic E-state index is -0.363. The van der Waals surface area contributed by atoms with Crippen molar-refractivity contribution in [2.45, 2.75) is 30.0 Å². The molecule has 2 N–H and O–H groups in total. The topological polar surface area (TPSA) is 62.2 Å². The monoisotopic (exact) mass is 326 g/mol. The standard InChI is InChI=1S/C14H19BrN2O2/c15-14(5-3-6-14)13(19)17-9-11(10-18)8-12-4-1-2-7-16-12/h1-2,4,7,11,18H,3,5-6,8-10H2,(H,17,19). The van der Waals surface area contributed by atoms with Gasteiger partial charge < -0.3 is 10.4 Å². The summed E-state index contributed by atoms with van der Waals surface area (Å²) in [6.07, 6.45) is 5.29. The number of amides is 1. The van der Waals surface area contributed by atoms with Gasteiger partial charge in [-0.3, -0.25) is 9.78 Å². The molecule has 1 aromatic heterocycles. The summed E-state index contributed by atoms with van der Waals surface area (Å²) in [4.78, 5) is 16.2. The van der Waals surface area contributed by atoms with Crippen molar-refractivity contribution in [1.82, 2.24) is 10.3 Å². The van der Waals surface area contributed by atoms with Gasteiger partial charge in [-0.2, -0.15) is 0 Å². The molecular weight excluding hydrogens is 308 g/mol. The highest BCUT2D eigenvalue weighted by molar-refractivity contribution is 9.10. The van der Waals surface area contributed by atoms with E-state index in [1.54, 1.807) is 6.20 Å². The Hall–Kier alpha value is -0.940. The molecule has 1 atom stereocenters. The van der Waals surface area contributed by atoms with E-state index in [1.165, 1.54) is 0 Å². The largest absolute Gasteiger partial charge is 0.396 e. The maximum Gasteiger partial charge on any atom is 0.236 e. The lowest BCUT2D eigenvalue weighted by Crippen LogP contribution is -2.48. The van der Waals surface area contributed by atoms with E-state index in [4.69, 9.17) is 0 Å². The van der Waals surface area contributed by atoms with Crippen molar-refractivity contribution in [2.75, 3.05) is 13.2 Å². The zero-order valence-electron chi connectivity index (χ0n) is 10.8. The smallest absolute Gasteiger partial charge is 0.236 e. The predicted molar refractivity (Wildman–Crippen MR) is 77.0 cm³/mol. The lowest BCUT2D eigenvalue weighted by Gasteiger charge is -2.34. The van der Waals surface area contributed by atoms with Crippen LogP contribution in [0.2, 0.25) is 0 Å². The van der Waals surface area contributed by atoms with Gasteiger partial charge in [-0.1, -0.05) is 22.0 Å². The normalized spacial score (nSPS) is 18.4. The van der Waals surface area contributed by atoms with Crippen LogP contribution in [0, 0.1) is 5.92 Å². The van der Waals surface area contributed by atoms with Gasteiger partial charge in [-0.15, -0.1) is 0 Å². The number of carbonyl (C=O) groups excluding carboxylic acids is 1. The summed E-state index contributed by atoms with van der Waals surface area (Å²) in [6, 6.07) is 5.73. The molecule has 5 heteroatoms. The summed E-state index contributed by atoms with van der Waals surface area (Å²) >= 11 is 3.49. The summed E-state index contributed by atoms with van der Waals surface area (Å²) in [6.45, 7) is 0.533. The highest BCUT2D eigenvalue weighted by Crippen LogP contribution is 2.40. The first-order chi connectivity index (χ1) is 9.14. The van der Waals surface area contributed by atoms with E-state index in [0.29, 0.717) is 13.0 Å². The fraction of sp³-hybridized carbons (Fsp3) is 0.571. The first-order valence-corrected chi connectivity index (χ1v) is 7.41. The Kier molecular flexibility index (Phi) is 4.93. The summed E-state index contributed by atoms with van der Waals surface area (Å²) in [5.41, 5.74) is 0.938. The number of nitrogens with zero attached hydrogens (tertiary/aromatic N) is 1. The number of nitrogens with one attached hydrogen (secondary N) is 1. The van der Waals surface area contributed by atoms with Gasteiger partial charge in [0.05, 0.1) is 0 Å². The van der Waals surface area contributed by atoms with Crippen LogP contribution in [0.1, 0.15) is 25.0 Å². The summed E-state index contributed by atoms with van der Waals surface area (Å²) in [7, 11) is 0. The number of halogens is 1. The number of rotatable bonds is 6. The van der Waals surface area contributed by atoms with Gasteiger partial charge in [0, 0.05) is 31.0 Å². The molecule has 0 bridgehead atoms. The summed E-state index contributed by atoms with van der Waals surface area (Å²) < 4.78 is -0.363. The zero-order valence-corrected chi connectivity index (χ0v) is 12.4. The number of aromatic nitrogens is 1. The van der Waals surface area contributed by atoms with Gasteiger partial charge >= 0.3 is 0 Å². The molecule has 0 aromatic carbocycles. The van der Waals surface area contributed by atoms with E-state index >= 15 is 0 Å². The molecule has 1 unspecified atom stereocenters. The first kappa shape index (κ1) is 14.5. The highest BCUT2D eigenvalue weighted by atomic mass is 79.9. The van der Waals surface area contributed by atoms with Gasteiger partial charge in [-0.05, 0) is 37.8 Å². The van der Waals surface area contributed by atoms with Crippen molar-refractivity contribution < 1.29 is 9.90 Å². The van der Waals surface area contributed by atoms with Crippen LogP contribution in [0.5, 0.6) is 0 Å². The Labute approximate surface area is 121 Å². The molecule has 0 aliphatic heterocycles. The molecule has 1 amide bonds. The molecule has 1 aliphatic carbocycles. The number of hydrogen-bond donors (Lipinski definition) is 2. The number of hydrogen-bond acceptors (Lipinski definition) is 3. The van der Waals surface area contributed by atoms with Crippen molar-refractivity contribution in [3.05, 3.63) is 30.1 Å². The highest BCUT2D eigenvalue weighted by Gasteiger charge is 2.41. The van der Waals surface area contributed by atoms with E-state index in [9.17, 15) is 9.90 Å². The Morgan fingerprint density at radius 2 is 2.32 bits per heavy atom. The second-order valence-corrected chi connectivity index (χ2v) is 6.62. The lowest BCUT2D eigenvalue weighted by molar-refractivity contribution is -0.125. The molecule has 4 nitrogen and oxygen atoms in total. The Balaban J connectivity index is 1.81. The van der Waals surface area contributed by atoms with Crippen molar-refractivity contribution >= 4 is 21.8 Å². The van der Waals surface area contributed by atoms with Crippen LogP contribution in [-0.4, -0.2) is 33.5 Å². The Morgan fingerprint density at radius 3 is 2.84 bits per heavy atom. The van der Waals surface area contributed by atoms with Crippen LogP contribution >= 0.6 is 15.9 Å². The van der Waals surface area contributed by atoms with Crippen molar-refractivity contribution in [3.63, 3.8) is 0 Å². The lowest BCUT2D eigenvalue weighted by atomic mass is 9.84. The molecule has 1 aliphatic rings. The molecular formula is C14H19BrN2O2. The molecule has 1 heterocycles. The molecule has 1 saturated carbocycles. The predicted octanol–water partition coefficient (Wildman–Crippen LogP) is 1.67. The van der Waals surface area contributed by atoms with Crippen LogP contribution in [0.25, 0.3) is 0 Å². The average molecular weight is 327 g/mol. The van der Waals surface area contributed by atoms with Crippen LogP contribution in [-0.2, 0) is 11.2 Å². The fourth-order valence-corrected chi connectivity index (χ4v) is 2.83. The number of aliphatic hydroxyl groups excluding tert-OH is 1. The number of alkyl halides is 1. The summed E-state index contributed by atoms with van der Waals surface area (Å²) in [5.74, 6) is 0.0493. The number of aliphatic hydroxyl groups is 1. The molecule has 2 rings (SSSR count). The molecule has 0 saturated heterocycles. The van der Waals surface area contributed by atoms with Crippen molar-refractivity contribution in [3.8, 4) is 0 Å². The van der Waals surface area contributed by atoms with E-state index in [2.05, 4.69) is 26.2 Å². The quantitative estimate of drug-likeness (QED) is 0.781. The van der Waals surface area contributed by atoms with Crippen LogP contribution in [0.4, 0.5) is 0 Å². The SMILES string of the molecule is O=C(NCC(CO)Cc1ccccn1)C1(Br)CCC1. The third kappa shape index (κ3) is 3.76. The van der Waals surface area contributed by atoms with Gasteiger partial charge in [0.1, 0.15) is 4.32 Å². The van der Waals surface area contributed by atoms with E-state index < -0.39 is 0 Å². The Bertz CT molecular complexity index is 421. The number of carbonyl (C=O) groups is 1. The van der Waals surface area contributed by atoms with Gasteiger partial charge in [0.15, 0.2) is 0 Å². The van der Waals surface area contributed by atoms with Crippen molar-refractivity contribution in [1.29, 1.82) is 0 Å². The van der Waals surface area contributed by atoms with Crippen molar-refractivity contribution in [2.24, 2.45) is 5.92 Å². The van der Waals surface area contributed by atoms with Gasteiger partial charge in [-0.25, -0.2) is 0 Å². The average Bonchev–Trinajstić information content (AvgIpc) is 2.41. The van der Waals surface area contributed by atoms with Crippen LogP contribution in [0.3, 0.4) is 0 Å². The van der Waals surface area contributed by atoms with Crippen LogP contribution in [0.15, 0.2) is 24.4 Å². The number of pyridine rings is 1. The van der Waals surface area contributed by atoms with E-state index in [0.717, 1.165) is 25.0 Å². The van der Waals surface area contributed by atoms with Crippen LogP contribution < -0.4 is 5.32 Å². The Morgan fingerprint density at radius 1 is 1.53 bits per heavy atom. The molecule has 1 aromatic rings. The van der Waals surface area contributed by atoms with Gasteiger partial charge in [0.2, 0.25) is 5.91 Å². The van der Waals surface area contributed by atoms with Gasteiger partial charge in [0.25, 0.3) is 0 Å². The maximum atomic E-state index is 12.0. The third-order valence-electron chi connectivity index (χ3n) is 3.59. The maximum absolute atomic E-state index is 12.0. The van der Waals surface area contributed by atoms with E-state index in [-0.39, 0.29) is 22.8 Å². The van der Waals surface area contributed by atoms with E-state index in [1.807, 2.05) is 18.2 Å².